The van der Waals surface area contributed by atoms with Gasteiger partial charge in [0.15, 0.2) is 17.4 Å². The number of imidazole rings is 2. The fourth-order valence-corrected chi connectivity index (χ4v) is 5.84. The Morgan fingerprint density at radius 1 is 1.08 bits per heavy atom. The van der Waals surface area contributed by atoms with Crippen LogP contribution in [0.4, 0.5) is 0 Å². The number of rotatable bonds is 3. The number of nitrogens with zero attached hydrogens (tertiary/aromatic N) is 4. The van der Waals surface area contributed by atoms with E-state index in [4.69, 9.17) is 13.8 Å². The van der Waals surface area contributed by atoms with E-state index in [9.17, 15) is 24.5 Å². The number of H-pyrrole nitrogens is 1. The van der Waals surface area contributed by atoms with Gasteiger partial charge in [0.05, 0.1) is 12.3 Å². The van der Waals surface area contributed by atoms with Gasteiger partial charge in [-0.15, -0.1) is 0 Å². The third-order valence-electron chi connectivity index (χ3n) is 6.67. The van der Waals surface area contributed by atoms with Crippen molar-refractivity contribution < 1.29 is 33.5 Å². The minimum absolute atomic E-state index is 0.00141. The van der Waals surface area contributed by atoms with Crippen LogP contribution in [-0.4, -0.2) is 59.1 Å². The highest BCUT2D eigenvalue weighted by atomic mass is 31.2. The lowest BCUT2D eigenvalue weighted by atomic mass is 10.1. The van der Waals surface area contributed by atoms with Crippen LogP contribution >= 0.6 is 7.82 Å². The van der Waals surface area contributed by atoms with Gasteiger partial charge in [-0.25, -0.2) is 9.38 Å². The standard InChI is InChI=1S/C24H20N5O8P/c30-14-8-6-13(7-9-14)20-26-17-21(29(20)23-18(31)19-16(36-23)11-35-38(33,34)37-19)27-24-25-15(10-28(24)22(17)32)12-4-2-1-3-5-12/h1-10,16,18-19,23,30-31H,11H2,(H,25,27)(H,33,34)/p-1/t16?,18?,19-,23-/m1/s1. The van der Waals surface area contributed by atoms with Crippen LogP contribution in [-0.2, 0) is 18.3 Å². The van der Waals surface area contributed by atoms with Crippen LogP contribution < -0.4 is 10.5 Å². The van der Waals surface area contributed by atoms with Gasteiger partial charge in [-0.05, 0) is 29.8 Å². The van der Waals surface area contributed by atoms with E-state index >= 15 is 0 Å². The number of benzene rings is 2. The van der Waals surface area contributed by atoms with E-state index in [2.05, 4.69) is 15.0 Å². The maximum absolute atomic E-state index is 13.6. The number of phosphoric acid groups is 1. The van der Waals surface area contributed by atoms with Gasteiger partial charge in [0.25, 0.3) is 13.4 Å². The molecule has 2 aromatic carbocycles. The van der Waals surface area contributed by atoms with Gasteiger partial charge >= 0.3 is 0 Å². The van der Waals surface area contributed by atoms with Crippen LogP contribution in [0.1, 0.15) is 6.23 Å². The molecule has 5 heterocycles. The number of aromatic nitrogens is 5. The van der Waals surface area contributed by atoms with E-state index < -0.39 is 37.9 Å². The summed E-state index contributed by atoms with van der Waals surface area (Å²) in [5.41, 5.74) is 1.65. The molecule has 0 radical (unpaired) electrons. The lowest BCUT2D eigenvalue weighted by molar-refractivity contribution is -0.245. The number of hydrogen-bond donors (Lipinski definition) is 3. The maximum Gasteiger partial charge on any atom is 0.287 e. The smallest absolute Gasteiger partial charge is 0.287 e. The normalized spacial score (nSPS) is 27.2. The zero-order valence-electron chi connectivity index (χ0n) is 19.4. The van der Waals surface area contributed by atoms with Crippen LogP contribution in [0, 0.1) is 0 Å². The van der Waals surface area contributed by atoms with Crippen molar-refractivity contribution in [2.24, 2.45) is 0 Å². The lowest BCUT2D eigenvalue weighted by Crippen LogP contribution is -2.41. The molecular formula is C24H19N5O8P-. The summed E-state index contributed by atoms with van der Waals surface area (Å²) in [5, 5.41) is 20.9. The topological polar surface area (TPSA) is 176 Å². The van der Waals surface area contributed by atoms with Gasteiger partial charge in [0.1, 0.15) is 29.9 Å². The van der Waals surface area contributed by atoms with Crippen LogP contribution in [0.3, 0.4) is 0 Å². The molecule has 0 spiro atoms. The summed E-state index contributed by atoms with van der Waals surface area (Å²) in [4.78, 5) is 37.8. The van der Waals surface area contributed by atoms with Crippen LogP contribution in [0.25, 0.3) is 39.6 Å². The highest BCUT2D eigenvalue weighted by Gasteiger charge is 2.51. The number of aliphatic hydroxyl groups excluding tert-OH is 1. The van der Waals surface area contributed by atoms with Crippen molar-refractivity contribution >= 4 is 24.8 Å². The summed E-state index contributed by atoms with van der Waals surface area (Å²) in [6.07, 6.45) is -3.15. The monoisotopic (exact) mass is 536 g/mol. The van der Waals surface area contributed by atoms with Crippen molar-refractivity contribution in [3.63, 3.8) is 0 Å². The van der Waals surface area contributed by atoms with Crippen molar-refractivity contribution in [3.8, 4) is 28.4 Å². The molecule has 38 heavy (non-hydrogen) atoms. The fraction of sp³-hybridized carbons (Fsp3) is 0.208. The first-order valence-corrected chi connectivity index (χ1v) is 13.1. The second kappa shape index (κ2) is 8.33. The fourth-order valence-electron chi connectivity index (χ4n) is 4.89. The minimum atomic E-state index is -4.60. The Bertz CT molecular complexity index is 1800. The number of ether oxygens (including phenoxy) is 1. The van der Waals surface area contributed by atoms with E-state index in [0.29, 0.717) is 11.3 Å². The molecule has 3 aromatic heterocycles. The third kappa shape index (κ3) is 3.60. The molecule has 2 aliphatic rings. The van der Waals surface area contributed by atoms with Gasteiger partial charge in [-0.3, -0.25) is 13.9 Å². The molecule has 5 aromatic rings. The number of phenols is 1. The first-order chi connectivity index (χ1) is 18.3. The predicted octanol–water partition coefficient (Wildman–Crippen LogP) is 1.55. The summed E-state index contributed by atoms with van der Waals surface area (Å²) in [5.74, 6) is 0.472. The Hall–Kier alpha value is -3.84. The number of hydrogen-bond acceptors (Lipinski definition) is 10. The third-order valence-corrected chi connectivity index (χ3v) is 7.64. The highest BCUT2D eigenvalue weighted by Crippen LogP contribution is 2.50. The number of aromatic amines is 1. The molecule has 2 aliphatic heterocycles. The molecule has 194 valence electrons. The van der Waals surface area contributed by atoms with Crippen molar-refractivity contribution in [1.29, 1.82) is 0 Å². The maximum atomic E-state index is 13.6. The van der Waals surface area contributed by atoms with E-state index in [1.807, 2.05) is 30.3 Å². The van der Waals surface area contributed by atoms with E-state index in [-0.39, 0.29) is 35.1 Å². The molecule has 3 N–H and O–H groups in total. The molecule has 5 atom stereocenters. The van der Waals surface area contributed by atoms with Crippen LogP contribution in [0.15, 0.2) is 65.6 Å². The average Bonchev–Trinajstić information content (AvgIpc) is 3.59. The van der Waals surface area contributed by atoms with E-state index in [1.54, 1.807) is 18.3 Å². The summed E-state index contributed by atoms with van der Waals surface area (Å²) in [6, 6.07) is 15.5. The van der Waals surface area contributed by atoms with E-state index in [0.717, 1.165) is 5.56 Å². The molecule has 2 saturated heterocycles. The first-order valence-electron chi connectivity index (χ1n) is 11.6. The van der Waals surface area contributed by atoms with E-state index in [1.165, 1.54) is 21.1 Å². The van der Waals surface area contributed by atoms with Gasteiger partial charge in [0, 0.05) is 11.8 Å². The van der Waals surface area contributed by atoms with Crippen LogP contribution in [0.2, 0.25) is 0 Å². The van der Waals surface area contributed by atoms with Crippen molar-refractivity contribution in [1.82, 2.24) is 23.9 Å². The molecule has 7 rings (SSSR count). The van der Waals surface area contributed by atoms with Crippen LogP contribution in [0.5, 0.6) is 5.75 Å². The highest BCUT2D eigenvalue weighted by molar-refractivity contribution is 7.45. The average molecular weight is 536 g/mol. The number of aromatic hydroxyl groups is 1. The summed E-state index contributed by atoms with van der Waals surface area (Å²) >= 11 is 0. The lowest BCUT2D eigenvalue weighted by Gasteiger charge is -2.34. The van der Waals surface area contributed by atoms with Gasteiger partial charge in [-0.1, -0.05) is 30.3 Å². The molecule has 0 saturated carbocycles. The van der Waals surface area contributed by atoms with Crippen molar-refractivity contribution in [2.75, 3.05) is 6.61 Å². The Morgan fingerprint density at radius 2 is 1.84 bits per heavy atom. The molecule has 14 heteroatoms. The quantitative estimate of drug-likeness (QED) is 0.287. The minimum Gasteiger partial charge on any atom is -0.756 e. The Morgan fingerprint density at radius 3 is 2.61 bits per heavy atom. The molecule has 0 aliphatic carbocycles. The summed E-state index contributed by atoms with van der Waals surface area (Å²) < 4.78 is 30.4. The Labute approximate surface area is 213 Å². The van der Waals surface area contributed by atoms with Gasteiger partial charge in [-0.2, -0.15) is 4.98 Å². The molecule has 3 unspecified atom stereocenters. The molecular weight excluding hydrogens is 517 g/mol. The first kappa shape index (κ1) is 23.3. The zero-order valence-corrected chi connectivity index (χ0v) is 20.3. The second-order valence-corrected chi connectivity index (χ2v) is 10.4. The molecule has 2 fully saturated rings. The number of nitrogens with one attached hydrogen (secondary N) is 1. The molecule has 13 nitrogen and oxygen atoms in total. The number of aliphatic hydroxyl groups is 1. The SMILES string of the molecule is O=c1c2nc(-c3ccc(O)cc3)n([C@@H]3OC4COP(=O)([O-])O[C@H]4C3O)c2nc2[nH]c(-c3ccccc3)cn12. The number of phenolic OH excluding ortho intramolecular Hbond substituents is 1. The van der Waals surface area contributed by atoms with Gasteiger partial charge < -0.3 is 33.9 Å². The molecule has 0 bridgehead atoms. The number of phosphoric ester groups is 1. The number of fused-ring (bicyclic) bond motifs is 3. The second-order valence-electron chi connectivity index (χ2n) is 9.04. The summed E-state index contributed by atoms with van der Waals surface area (Å²) in [7, 11) is -4.60. The summed E-state index contributed by atoms with van der Waals surface area (Å²) in [6.45, 7) is -0.336. The Kier molecular flexibility index (Phi) is 5.11. The van der Waals surface area contributed by atoms with Crippen molar-refractivity contribution in [3.05, 3.63) is 71.1 Å². The van der Waals surface area contributed by atoms with Gasteiger partial charge in [0.2, 0.25) is 5.78 Å². The molecule has 0 amide bonds. The van der Waals surface area contributed by atoms with Crippen molar-refractivity contribution in [2.45, 2.75) is 24.5 Å². The largest absolute Gasteiger partial charge is 0.756 e. The zero-order chi connectivity index (χ0) is 26.2. The predicted molar refractivity (Wildman–Crippen MR) is 130 cm³/mol. The Balaban J connectivity index is 1.44.